The van der Waals surface area contributed by atoms with Crippen LogP contribution in [0.3, 0.4) is 0 Å². The molecule has 158 valence electrons. The molecule has 0 radical (unpaired) electrons. The van der Waals surface area contributed by atoms with Gasteiger partial charge >= 0.3 is 0 Å². The largest absolute Gasteiger partial charge is 0.338 e. The van der Waals surface area contributed by atoms with Crippen LogP contribution in [0.4, 0.5) is 0 Å². The van der Waals surface area contributed by atoms with E-state index in [9.17, 15) is 4.79 Å². The lowest BCUT2D eigenvalue weighted by Crippen LogP contribution is -2.44. The monoisotopic (exact) mass is 423 g/mol. The summed E-state index contributed by atoms with van der Waals surface area (Å²) in [6.07, 6.45) is 5.26. The van der Waals surface area contributed by atoms with E-state index in [4.69, 9.17) is 5.26 Å². The van der Waals surface area contributed by atoms with Gasteiger partial charge in [-0.25, -0.2) is 0 Å². The molecule has 0 bridgehead atoms. The summed E-state index contributed by atoms with van der Waals surface area (Å²) < 4.78 is 0. The van der Waals surface area contributed by atoms with Gasteiger partial charge in [0.1, 0.15) is 0 Å². The molecule has 5 heteroatoms. The van der Waals surface area contributed by atoms with Crippen molar-refractivity contribution in [3.63, 3.8) is 0 Å². The summed E-state index contributed by atoms with van der Waals surface area (Å²) in [6.45, 7) is 4.70. The first-order valence-electron chi connectivity index (χ1n) is 10.7. The quantitative estimate of drug-likeness (QED) is 0.690. The highest BCUT2D eigenvalue weighted by atomic mass is 35.5. The van der Waals surface area contributed by atoms with Crippen LogP contribution in [0.15, 0.2) is 54.6 Å². The van der Waals surface area contributed by atoms with E-state index in [1.54, 1.807) is 0 Å². The van der Waals surface area contributed by atoms with E-state index in [1.165, 1.54) is 12.0 Å². The lowest BCUT2D eigenvalue weighted by molar-refractivity contribution is -0.138. The number of hydrogen-bond donors (Lipinski definition) is 0. The van der Waals surface area contributed by atoms with Crippen LogP contribution in [0, 0.1) is 16.7 Å². The number of nitriles is 1. The minimum absolute atomic E-state index is 0. The molecule has 0 atom stereocenters. The molecular formula is C25H30ClN3O. The van der Waals surface area contributed by atoms with E-state index in [0.29, 0.717) is 18.0 Å². The summed E-state index contributed by atoms with van der Waals surface area (Å²) in [5.74, 6) is 0.339. The van der Waals surface area contributed by atoms with Gasteiger partial charge in [0.25, 0.3) is 0 Å². The fourth-order valence-electron chi connectivity index (χ4n) is 4.77. The minimum Gasteiger partial charge on any atom is -0.338 e. The van der Waals surface area contributed by atoms with Crippen LogP contribution in [0.25, 0.3) is 0 Å². The average Bonchev–Trinajstić information content (AvgIpc) is 3.06. The summed E-state index contributed by atoms with van der Waals surface area (Å²) in [4.78, 5) is 17.7. The number of likely N-dealkylation sites (tertiary alicyclic amines) is 2. The Morgan fingerprint density at radius 2 is 1.57 bits per heavy atom. The van der Waals surface area contributed by atoms with Crippen molar-refractivity contribution in [1.82, 2.24) is 9.80 Å². The minimum atomic E-state index is -0.136. The fourth-order valence-corrected chi connectivity index (χ4v) is 4.77. The predicted molar refractivity (Wildman–Crippen MR) is 121 cm³/mol. The number of hydrogen-bond acceptors (Lipinski definition) is 3. The molecule has 2 aliphatic rings. The molecule has 0 aromatic heterocycles. The number of aryl methyl sites for hydroxylation is 1. The third-order valence-electron chi connectivity index (χ3n) is 6.65. The van der Waals surface area contributed by atoms with Gasteiger partial charge in [-0.3, -0.25) is 4.79 Å². The Morgan fingerprint density at radius 3 is 2.23 bits per heavy atom. The molecule has 2 saturated heterocycles. The Kier molecular flexibility index (Phi) is 7.53. The van der Waals surface area contributed by atoms with Gasteiger partial charge < -0.3 is 9.80 Å². The number of carbonyl (C=O) groups excluding carboxylic acids is 1. The normalized spacial score (nSPS) is 18.2. The van der Waals surface area contributed by atoms with Crippen molar-refractivity contribution in [2.24, 2.45) is 5.41 Å². The average molecular weight is 424 g/mol. The number of piperidine rings is 1. The second-order valence-corrected chi connectivity index (χ2v) is 8.50. The van der Waals surface area contributed by atoms with E-state index < -0.39 is 0 Å². The molecule has 1 spiro atoms. The second-order valence-electron chi connectivity index (χ2n) is 8.50. The third kappa shape index (κ3) is 5.03. The van der Waals surface area contributed by atoms with Crippen LogP contribution < -0.4 is 0 Å². The van der Waals surface area contributed by atoms with Crippen molar-refractivity contribution in [2.75, 3.05) is 26.2 Å². The number of nitrogens with zero attached hydrogens (tertiary/aromatic N) is 3. The number of amides is 1. The molecule has 0 N–H and O–H groups in total. The highest BCUT2D eigenvalue weighted by Gasteiger charge is 2.47. The lowest BCUT2D eigenvalue weighted by atomic mass is 9.77. The molecule has 2 aliphatic heterocycles. The Balaban J connectivity index is 0.00000256. The molecule has 2 aromatic rings. The van der Waals surface area contributed by atoms with Crippen molar-refractivity contribution >= 4 is 18.3 Å². The molecule has 0 unspecified atom stereocenters. The Bertz CT molecular complexity index is 868. The molecule has 2 aromatic carbocycles. The van der Waals surface area contributed by atoms with E-state index in [1.807, 2.05) is 29.2 Å². The van der Waals surface area contributed by atoms with Gasteiger partial charge in [0.2, 0.25) is 5.91 Å². The molecule has 1 amide bonds. The van der Waals surface area contributed by atoms with E-state index in [0.717, 1.165) is 57.4 Å². The van der Waals surface area contributed by atoms with Crippen LogP contribution in [0.2, 0.25) is 0 Å². The van der Waals surface area contributed by atoms with Gasteiger partial charge in [0, 0.05) is 13.1 Å². The summed E-state index contributed by atoms with van der Waals surface area (Å²) in [5.41, 5.74) is 3.04. The van der Waals surface area contributed by atoms with E-state index >= 15 is 0 Å². The standard InChI is InChI=1S/C25H29N3O.ClH/c26-19-22-8-10-23(11-9-22)20-28-18-14-25(24(28)29)12-16-27(17-13-25)15-4-7-21-5-2-1-3-6-21;/h1-3,5-6,8-11H,4,7,12-18,20H2;1H. The zero-order valence-electron chi connectivity index (χ0n) is 17.4. The van der Waals surface area contributed by atoms with Crippen LogP contribution in [0.5, 0.6) is 0 Å². The van der Waals surface area contributed by atoms with Gasteiger partial charge in [-0.15, -0.1) is 12.4 Å². The zero-order chi connectivity index (χ0) is 20.1. The predicted octanol–water partition coefficient (Wildman–Crippen LogP) is 4.43. The van der Waals surface area contributed by atoms with Crippen molar-refractivity contribution in [1.29, 1.82) is 5.26 Å². The third-order valence-corrected chi connectivity index (χ3v) is 6.65. The number of rotatable bonds is 6. The Morgan fingerprint density at radius 1 is 0.900 bits per heavy atom. The summed E-state index contributed by atoms with van der Waals surface area (Å²) in [6, 6.07) is 20.4. The van der Waals surface area contributed by atoms with Crippen LogP contribution in [-0.2, 0) is 17.8 Å². The van der Waals surface area contributed by atoms with E-state index in [-0.39, 0.29) is 17.8 Å². The van der Waals surface area contributed by atoms with Crippen molar-refractivity contribution in [3.05, 3.63) is 71.3 Å². The smallest absolute Gasteiger partial charge is 0.229 e. The SMILES string of the molecule is Cl.N#Cc1ccc(CN2CCC3(CCN(CCCc4ccccc4)CC3)C2=O)cc1. The Hall–Kier alpha value is -2.35. The van der Waals surface area contributed by atoms with Gasteiger partial charge in [-0.05, 0) is 75.0 Å². The molecule has 30 heavy (non-hydrogen) atoms. The summed E-state index contributed by atoms with van der Waals surface area (Å²) in [7, 11) is 0. The molecule has 2 heterocycles. The highest BCUT2D eigenvalue weighted by Crippen LogP contribution is 2.42. The molecule has 4 rings (SSSR count). The molecule has 0 aliphatic carbocycles. The van der Waals surface area contributed by atoms with Gasteiger partial charge in [-0.2, -0.15) is 5.26 Å². The lowest BCUT2D eigenvalue weighted by Gasteiger charge is -2.38. The maximum Gasteiger partial charge on any atom is 0.229 e. The first-order valence-corrected chi connectivity index (χ1v) is 10.7. The molecule has 0 saturated carbocycles. The molecule has 4 nitrogen and oxygen atoms in total. The van der Waals surface area contributed by atoms with Crippen LogP contribution in [0.1, 0.15) is 42.4 Å². The second kappa shape index (κ2) is 10.1. The summed E-state index contributed by atoms with van der Waals surface area (Å²) >= 11 is 0. The highest BCUT2D eigenvalue weighted by molar-refractivity contribution is 5.85. The first-order chi connectivity index (χ1) is 14.2. The van der Waals surface area contributed by atoms with E-state index in [2.05, 4.69) is 41.3 Å². The number of benzene rings is 2. The molecule has 2 fully saturated rings. The van der Waals surface area contributed by atoms with Crippen molar-refractivity contribution < 1.29 is 4.79 Å². The summed E-state index contributed by atoms with van der Waals surface area (Å²) in [5, 5.41) is 8.94. The van der Waals surface area contributed by atoms with Crippen LogP contribution in [-0.4, -0.2) is 41.9 Å². The topological polar surface area (TPSA) is 47.3 Å². The molecular weight excluding hydrogens is 394 g/mol. The first kappa shape index (κ1) is 22.3. The van der Waals surface area contributed by atoms with Crippen LogP contribution >= 0.6 is 12.4 Å². The van der Waals surface area contributed by atoms with Crippen molar-refractivity contribution in [3.8, 4) is 6.07 Å². The van der Waals surface area contributed by atoms with Crippen molar-refractivity contribution in [2.45, 2.75) is 38.6 Å². The van der Waals surface area contributed by atoms with Gasteiger partial charge in [0.15, 0.2) is 0 Å². The maximum absolute atomic E-state index is 13.2. The number of halogens is 1. The Labute approximate surface area is 185 Å². The number of carbonyl (C=O) groups is 1. The van der Waals surface area contributed by atoms with Gasteiger partial charge in [-0.1, -0.05) is 42.5 Å². The van der Waals surface area contributed by atoms with Gasteiger partial charge in [0.05, 0.1) is 17.0 Å². The maximum atomic E-state index is 13.2. The zero-order valence-corrected chi connectivity index (χ0v) is 18.2. The fraction of sp³-hybridized carbons (Fsp3) is 0.440.